The normalized spacial score (nSPS) is 22.2. The molecule has 1 rings (SSSR count). The first-order valence-corrected chi connectivity index (χ1v) is 21.2. The van der Waals surface area contributed by atoms with Crippen molar-refractivity contribution in [2.75, 3.05) is 13.2 Å². The minimum Gasteiger partial charge on any atom is -0.394 e. The predicted octanol–water partition coefficient (Wildman–Crippen LogP) is 8.11. The number of amides is 1. The van der Waals surface area contributed by atoms with Crippen molar-refractivity contribution in [1.82, 2.24) is 5.32 Å². The first kappa shape index (κ1) is 48.4. The van der Waals surface area contributed by atoms with E-state index in [0.717, 1.165) is 44.9 Å². The van der Waals surface area contributed by atoms with Crippen molar-refractivity contribution in [2.24, 2.45) is 0 Å². The van der Waals surface area contributed by atoms with Crippen molar-refractivity contribution in [3.05, 3.63) is 36.5 Å². The minimum absolute atomic E-state index is 0.193. The van der Waals surface area contributed by atoms with Gasteiger partial charge in [-0.2, -0.15) is 0 Å². The van der Waals surface area contributed by atoms with Crippen molar-refractivity contribution < 1.29 is 39.8 Å². The summed E-state index contributed by atoms with van der Waals surface area (Å²) in [6.45, 7) is 3.72. The molecule has 1 heterocycles. The van der Waals surface area contributed by atoms with Crippen LogP contribution in [0.5, 0.6) is 0 Å². The van der Waals surface area contributed by atoms with E-state index in [1.165, 1.54) is 109 Å². The van der Waals surface area contributed by atoms with E-state index in [9.17, 15) is 30.3 Å². The molecule has 1 amide bonds. The van der Waals surface area contributed by atoms with Gasteiger partial charge in [0, 0.05) is 6.42 Å². The molecule has 1 saturated heterocycles. The van der Waals surface area contributed by atoms with Gasteiger partial charge in [-0.1, -0.05) is 159 Å². The lowest BCUT2D eigenvalue weighted by atomic mass is 9.99. The Morgan fingerprint density at radius 3 is 1.62 bits per heavy atom. The number of carbonyl (C=O) groups excluding carboxylic acids is 1. The maximum atomic E-state index is 12.9. The molecule has 1 aliphatic rings. The highest BCUT2D eigenvalue weighted by Gasteiger charge is 2.44. The van der Waals surface area contributed by atoms with Gasteiger partial charge in [-0.25, -0.2) is 0 Å². The Bertz CT molecular complexity index is 910. The molecule has 0 aliphatic carbocycles. The third-order valence-electron chi connectivity index (χ3n) is 9.95. The molecular formula is C43H79NO8. The second kappa shape index (κ2) is 33.9. The van der Waals surface area contributed by atoms with Crippen LogP contribution in [0.15, 0.2) is 36.5 Å². The van der Waals surface area contributed by atoms with Crippen molar-refractivity contribution in [3.8, 4) is 0 Å². The number of hydrogen-bond acceptors (Lipinski definition) is 8. The highest BCUT2D eigenvalue weighted by molar-refractivity contribution is 5.76. The van der Waals surface area contributed by atoms with Gasteiger partial charge in [0.1, 0.15) is 24.4 Å². The van der Waals surface area contributed by atoms with E-state index in [-0.39, 0.29) is 12.5 Å². The number of aliphatic hydroxyl groups is 5. The zero-order valence-corrected chi connectivity index (χ0v) is 33.1. The molecule has 9 heteroatoms. The summed E-state index contributed by atoms with van der Waals surface area (Å²) in [7, 11) is 0. The number of allylic oxidation sites excluding steroid dienone is 5. The van der Waals surface area contributed by atoms with Gasteiger partial charge in [0.2, 0.25) is 5.91 Å². The summed E-state index contributed by atoms with van der Waals surface area (Å²) >= 11 is 0. The Hall–Kier alpha value is -1.59. The number of unbranched alkanes of at least 4 members (excludes halogenated alkanes) is 20. The number of nitrogens with one attached hydrogen (secondary N) is 1. The fourth-order valence-corrected chi connectivity index (χ4v) is 6.48. The lowest BCUT2D eigenvalue weighted by Crippen LogP contribution is -2.60. The van der Waals surface area contributed by atoms with Crippen LogP contribution in [-0.4, -0.2) is 87.5 Å². The molecule has 0 spiro atoms. The first-order chi connectivity index (χ1) is 25.3. The molecule has 9 nitrogen and oxygen atoms in total. The average Bonchev–Trinajstić information content (AvgIpc) is 3.14. The molecule has 0 aromatic heterocycles. The lowest BCUT2D eigenvalue weighted by Gasteiger charge is -2.40. The van der Waals surface area contributed by atoms with Gasteiger partial charge in [-0.15, -0.1) is 0 Å². The monoisotopic (exact) mass is 738 g/mol. The molecule has 1 fully saturated rings. The van der Waals surface area contributed by atoms with E-state index in [1.54, 1.807) is 6.08 Å². The molecule has 0 aromatic rings. The summed E-state index contributed by atoms with van der Waals surface area (Å²) in [5.41, 5.74) is 0. The molecule has 6 N–H and O–H groups in total. The topological polar surface area (TPSA) is 149 Å². The molecule has 52 heavy (non-hydrogen) atoms. The zero-order valence-electron chi connectivity index (χ0n) is 33.1. The van der Waals surface area contributed by atoms with Gasteiger partial charge < -0.3 is 40.3 Å². The van der Waals surface area contributed by atoms with E-state index in [1.807, 2.05) is 6.08 Å². The van der Waals surface area contributed by atoms with Gasteiger partial charge in [0.25, 0.3) is 0 Å². The van der Waals surface area contributed by atoms with Gasteiger partial charge in [0.05, 0.1) is 25.4 Å². The fraction of sp³-hybridized carbons (Fsp3) is 0.837. The summed E-state index contributed by atoms with van der Waals surface area (Å²) in [5.74, 6) is -0.193. The van der Waals surface area contributed by atoms with Gasteiger partial charge in [-0.3, -0.25) is 4.79 Å². The SMILES string of the molecule is CCCCCCCCC/C=C/CC/C=C/CC/C=C/C(O)C(COC1OC(CO)C(O)C(O)C1O)NC(=O)CCCCCCCCCCCCCC. The second-order valence-corrected chi connectivity index (χ2v) is 14.8. The Balaban J connectivity index is 2.45. The Kier molecular flexibility index (Phi) is 31.6. The van der Waals surface area contributed by atoms with Crippen molar-refractivity contribution in [1.29, 1.82) is 0 Å². The van der Waals surface area contributed by atoms with Crippen molar-refractivity contribution in [3.63, 3.8) is 0 Å². The van der Waals surface area contributed by atoms with Crippen LogP contribution in [0.3, 0.4) is 0 Å². The fourth-order valence-electron chi connectivity index (χ4n) is 6.48. The van der Waals surface area contributed by atoms with E-state index in [2.05, 4.69) is 43.5 Å². The minimum atomic E-state index is -1.57. The van der Waals surface area contributed by atoms with Crippen LogP contribution in [0.1, 0.15) is 174 Å². The molecule has 0 saturated carbocycles. The number of carbonyl (C=O) groups is 1. The molecule has 7 unspecified atom stereocenters. The number of hydrogen-bond donors (Lipinski definition) is 6. The summed E-state index contributed by atoms with van der Waals surface area (Å²) in [6.07, 6.45) is 33.3. The predicted molar refractivity (Wildman–Crippen MR) is 212 cm³/mol. The lowest BCUT2D eigenvalue weighted by molar-refractivity contribution is -0.302. The third kappa shape index (κ3) is 24.7. The zero-order chi connectivity index (χ0) is 38.1. The molecule has 7 atom stereocenters. The summed E-state index contributed by atoms with van der Waals surface area (Å²) in [6, 6.07) is -0.822. The van der Waals surface area contributed by atoms with E-state index >= 15 is 0 Å². The molecule has 304 valence electrons. The molecular weight excluding hydrogens is 658 g/mol. The number of ether oxygens (including phenoxy) is 2. The van der Waals surface area contributed by atoms with Crippen molar-refractivity contribution >= 4 is 5.91 Å². The van der Waals surface area contributed by atoms with Crippen LogP contribution in [0.4, 0.5) is 0 Å². The highest BCUT2D eigenvalue weighted by atomic mass is 16.7. The number of rotatable bonds is 34. The largest absolute Gasteiger partial charge is 0.394 e. The molecule has 0 aromatic carbocycles. The standard InChI is InChI=1S/C43H79NO8/c1-3-5-7-9-11-13-15-17-18-19-20-21-22-24-26-28-30-32-37(46)36(35-51-43-42(50)41(49)40(48)38(34-45)52-43)44-39(47)33-31-29-27-25-23-16-14-12-10-8-6-4-2/h18-19,22,24,30,32,36-38,40-43,45-46,48-50H,3-17,20-21,23,25-29,31,33-35H2,1-2H3,(H,44,47)/b19-18+,24-22+,32-30+. The Morgan fingerprint density at radius 1 is 0.635 bits per heavy atom. The molecule has 0 radical (unpaired) electrons. The average molecular weight is 738 g/mol. The maximum absolute atomic E-state index is 12.9. The van der Waals surface area contributed by atoms with Crippen LogP contribution in [0.25, 0.3) is 0 Å². The van der Waals surface area contributed by atoms with E-state index in [0.29, 0.717) is 6.42 Å². The smallest absolute Gasteiger partial charge is 0.220 e. The van der Waals surface area contributed by atoms with Gasteiger partial charge in [-0.05, 0) is 44.9 Å². The maximum Gasteiger partial charge on any atom is 0.220 e. The van der Waals surface area contributed by atoms with Gasteiger partial charge in [0.15, 0.2) is 6.29 Å². The molecule has 1 aliphatic heterocycles. The number of aliphatic hydroxyl groups excluding tert-OH is 5. The summed E-state index contributed by atoms with van der Waals surface area (Å²) in [5, 5.41) is 54.0. The molecule has 0 bridgehead atoms. The Labute approximate surface area is 317 Å². The van der Waals surface area contributed by atoms with E-state index in [4.69, 9.17) is 9.47 Å². The van der Waals surface area contributed by atoms with Crippen molar-refractivity contribution in [2.45, 2.75) is 217 Å². The van der Waals surface area contributed by atoms with Crippen LogP contribution in [0.2, 0.25) is 0 Å². The van der Waals surface area contributed by atoms with Crippen LogP contribution in [-0.2, 0) is 14.3 Å². The van der Waals surface area contributed by atoms with E-state index < -0.39 is 49.5 Å². The van der Waals surface area contributed by atoms with Crippen LogP contribution < -0.4 is 5.32 Å². The van der Waals surface area contributed by atoms with Crippen LogP contribution in [0, 0.1) is 0 Å². The summed E-state index contributed by atoms with van der Waals surface area (Å²) in [4.78, 5) is 12.9. The Morgan fingerprint density at radius 2 is 1.10 bits per heavy atom. The highest BCUT2D eigenvalue weighted by Crippen LogP contribution is 2.22. The first-order valence-electron chi connectivity index (χ1n) is 21.2. The third-order valence-corrected chi connectivity index (χ3v) is 9.95. The summed E-state index contributed by atoms with van der Waals surface area (Å²) < 4.78 is 11.2. The van der Waals surface area contributed by atoms with Crippen LogP contribution >= 0.6 is 0 Å². The van der Waals surface area contributed by atoms with Gasteiger partial charge >= 0.3 is 0 Å². The quantitative estimate of drug-likeness (QED) is 0.0287. The second-order valence-electron chi connectivity index (χ2n) is 14.8.